The molecule has 0 aromatic heterocycles. The molecule has 1 aliphatic rings. The molecule has 0 bridgehead atoms. The maximum absolute atomic E-state index is 12.1. The number of carbonyl (C=O) groups is 2. The maximum Gasteiger partial charge on any atom is 0.310 e. The van der Waals surface area contributed by atoms with Crippen LogP contribution in [0, 0.1) is 11.8 Å². The van der Waals surface area contributed by atoms with E-state index in [4.69, 9.17) is 9.47 Å². The quantitative estimate of drug-likeness (QED) is 0.138. The fourth-order valence-electron chi connectivity index (χ4n) is 4.03. The number of esters is 2. The average molecular weight is 499 g/mol. The number of thioether (sulfide) groups is 1. The molecule has 6 nitrogen and oxygen atoms in total. The van der Waals surface area contributed by atoms with E-state index < -0.39 is 12.2 Å². The normalized spacial score (nSPS) is 20.1. The smallest absolute Gasteiger partial charge is 0.310 e. The summed E-state index contributed by atoms with van der Waals surface area (Å²) < 4.78 is 10.6. The molecule has 2 N–H and O–H groups in total. The Morgan fingerprint density at radius 1 is 1.09 bits per heavy atom. The molecule has 0 fully saturated rings. The highest BCUT2D eigenvalue weighted by molar-refractivity contribution is 8.03. The summed E-state index contributed by atoms with van der Waals surface area (Å²) in [5, 5.41) is 21.2. The molecule has 34 heavy (non-hydrogen) atoms. The molecule has 0 spiro atoms. The third-order valence-electron chi connectivity index (χ3n) is 5.90. The Hall–Kier alpha value is -1.31. The Bertz CT molecular complexity index is 660. The molecule has 0 radical (unpaired) electrons. The van der Waals surface area contributed by atoms with Crippen molar-refractivity contribution in [1.29, 1.82) is 0 Å². The zero-order valence-electron chi connectivity index (χ0n) is 21.6. The third-order valence-corrected chi connectivity index (χ3v) is 7.20. The van der Waals surface area contributed by atoms with E-state index in [1.54, 1.807) is 24.8 Å². The predicted molar refractivity (Wildman–Crippen MR) is 138 cm³/mol. The van der Waals surface area contributed by atoms with Crippen LogP contribution in [0.2, 0.25) is 0 Å². The molecule has 1 aliphatic carbocycles. The Morgan fingerprint density at radius 3 is 2.53 bits per heavy atom. The van der Waals surface area contributed by atoms with Crippen LogP contribution in [0.3, 0.4) is 0 Å². The van der Waals surface area contributed by atoms with Gasteiger partial charge in [0.05, 0.1) is 18.8 Å². The van der Waals surface area contributed by atoms with Crippen molar-refractivity contribution >= 4 is 23.7 Å². The summed E-state index contributed by atoms with van der Waals surface area (Å²) in [5.41, 5.74) is 0. The summed E-state index contributed by atoms with van der Waals surface area (Å²) in [4.78, 5) is 24.5. The van der Waals surface area contributed by atoms with Gasteiger partial charge in [-0.2, -0.15) is 0 Å². The number of hydrogen-bond donors (Lipinski definition) is 2. The van der Waals surface area contributed by atoms with E-state index in [-0.39, 0.29) is 17.9 Å². The van der Waals surface area contributed by atoms with Gasteiger partial charge in [-0.15, -0.1) is 11.8 Å². The summed E-state index contributed by atoms with van der Waals surface area (Å²) in [6, 6.07) is 0. The van der Waals surface area contributed by atoms with E-state index >= 15 is 0 Å². The van der Waals surface area contributed by atoms with Crippen molar-refractivity contribution in [3.8, 4) is 0 Å². The summed E-state index contributed by atoms with van der Waals surface area (Å²) in [6.07, 6.45) is 10.9. The van der Waals surface area contributed by atoms with E-state index in [1.807, 2.05) is 13.0 Å². The van der Waals surface area contributed by atoms with Crippen LogP contribution in [0.25, 0.3) is 0 Å². The van der Waals surface area contributed by atoms with Crippen molar-refractivity contribution in [1.82, 2.24) is 0 Å². The number of ether oxygens (including phenoxy) is 2. The topological polar surface area (TPSA) is 93.1 Å². The molecule has 196 valence electrons. The van der Waals surface area contributed by atoms with Gasteiger partial charge in [0.2, 0.25) is 0 Å². The minimum absolute atomic E-state index is 0.158. The van der Waals surface area contributed by atoms with E-state index in [2.05, 4.69) is 13.8 Å². The molecule has 0 aromatic rings. The number of aliphatic hydroxyl groups is 2. The van der Waals surface area contributed by atoms with E-state index in [0.717, 1.165) is 49.2 Å². The molecule has 0 saturated carbocycles. The number of unbranched alkanes of at least 4 members (excludes halogenated alkanes) is 3. The first-order valence-corrected chi connectivity index (χ1v) is 14.1. The third kappa shape index (κ3) is 12.4. The molecule has 7 heteroatoms. The minimum Gasteiger partial charge on any atom is -0.466 e. The Kier molecular flexibility index (Phi) is 16.3. The van der Waals surface area contributed by atoms with Crippen molar-refractivity contribution in [3.05, 3.63) is 22.8 Å². The second-order valence-electron chi connectivity index (χ2n) is 9.21. The van der Waals surface area contributed by atoms with Crippen molar-refractivity contribution in [2.24, 2.45) is 11.8 Å². The van der Waals surface area contributed by atoms with Gasteiger partial charge in [0, 0.05) is 30.1 Å². The SMILES string of the molecule is CCCC[C@@H](C)C[C@H](O)/C=C/[C@@H]1C(SCCCCCC(=O)OCC)=C(OC(=O)CCC)C[C@H]1O. The van der Waals surface area contributed by atoms with Crippen molar-refractivity contribution in [3.63, 3.8) is 0 Å². The number of hydrogen-bond acceptors (Lipinski definition) is 7. The van der Waals surface area contributed by atoms with Gasteiger partial charge in [-0.3, -0.25) is 9.59 Å². The summed E-state index contributed by atoms with van der Waals surface area (Å²) >= 11 is 1.60. The standard InChI is InChI=1S/C27H46O6S/c1-5-8-13-20(4)18-21(28)15-16-22-23(29)19-24(33-26(31)12-6-2)27(22)34-17-11-9-10-14-25(30)32-7-3/h15-16,20-23,28-29H,5-14,17-19H2,1-4H3/b16-15+/t20-,21-,22+,23-/m1/s1. The number of aliphatic hydroxyl groups excluding tert-OH is 2. The molecule has 0 aromatic carbocycles. The lowest BCUT2D eigenvalue weighted by Crippen LogP contribution is -2.15. The highest BCUT2D eigenvalue weighted by Crippen LogP contribution is 2.41. The molecule has 0 unspecified atom stereocenters. The zero-order valence-corrected chi connectivity index (χ0v) is 22.4. The van der Waals surface area contributed by atoms with Crippen LogP contribution in [-0.2, 0) is 19.1 Å². The predicted octanol–water partition coefficient (Wildman–Crippen LogP) is 5.91. The summed E-state index contributed by atoms with van der Waals surface area (Å²) in [6.45, 7) is 8.47. The van der Waals surface area contributed by atoms with Crippen LogP contribution in [0.1, 0.15) is 98.3 Å². The van der Waals surface area contributed by atoms with Crippen LogP contribution in [-0.4, -0.2) is 46.7 Å². The summed E-state index contributed by atoms with van der Waals surface area (Å²) in [5.74, 6) is 1.09. The Morgan fingerprint density at radius 2 is 1.85 bits per heavy atom. The van der Waals surface area contributed by atoms with Crippen molar-refractivity contribution < 1.29 is 29.3 Å². The first-order chi connectivity index (χ1) is 16.3. The minimum atomic E-state index is -0.670. The molecule has 4 atom stereocenters. The lowest BCUT2D eigenvalue weighted by atomic mass is 9.96. The maximum atomic E-state index is 12.1. The monoisotopic (exact) mass is 498 g/mol. The molecular weight excluding hydrogens is 452 g/mol. The van der Waals surface area contributed by atoms with Gasteiger partial charge in [-0.25, -0.2) is 0 Å². The zero-order chi connectivity index (χ0) is 25.3. The van der Waals surface area contributed by atoms with Crippen LogP contribution in [0.4, 0.5) is 0 Å². The average Bonchev–Trinajstić information content (AvgIpc) is 3.07. The molecule has 0 saturated heterocycles. The first-order valence-electron chi connectivity index (χ1n) is 13.1. The number of carbonyl (C=O) groups excluding carboxylic acids is 2. The van der Waals surface area contributed by atoms with Crippen molar-refractivity contribution in [2.45, 2.75) is 111 Å². The van der Waals surface area contributed by atoms with E-state index in [0.29, 0.717) is 50.4 Å². The van der Waals surface area contributed by atoms with Gasteiger partial charge >= 0.3 is 11.9 Å². The second kappa shape index (κ2) is 18.0. The lowest BCUT2D eigenvalue weighted by Gasteiger charge is -2.17. The van der Waals surface area contributed by atoms with Gasteiger partial charge in [-0.05, 0) is 44.3 Å². The van der Waals surface area contributed by atoms with Gasteiger partial charge < -0.3 is 19.7 Å². The number of rotatable bonds is 18. The van der Waals surface area contributed by atoms with Crippen LogP contribution in [0.15, 0.2) is 22.8 Å². The van der Waals surface area contributed by atoms with Gasteiger partial charge in [0.25, 0.3) is 0 Å². The van der Waals surface area contributed by atoms with Crippen LogP contribution in [0.5, 0.6) is 0 Å². The molecule has 0 heterocycles. The Balaban J connectivity index is 2.73. The van der Waals surface area contributed by atoms with Gasteiger partial charge in [0.1, 0.15) is 5.76 Å². The van der Waals surface area contributed by atoms with E-state index in [1.165, 1.54) is 0 Å². The fraction of sp³-hybridized carbons (Fsp3) is 0.778. The second-order valence-corrected chi connectivity index (χ2v) is 10.3. The lowest BCUT2D eigenvalue weighted by molar-refractivity contribution is -0.143. The highest BCUT2D eigenvalue weighted by Gasteiger charge is 2.34. The molecule has 0 aliphatic heterocycles. The largest absolute Gasteiger partial charge is 0.466 e. The van der Waals surface area contributed by atoms with Gasteiger partial charge in [0.15, 0.2) is 0 Å². The highest BCUT2D eigenvalue weighted by atomic mass is 32.2. The molecule has 1 rings (SSSR count). The summed E-state index contributed by atoms with van der Waals surface area (Å²) in [7, 11) is 0. The van der Waals surface area contributed by atoms with Crippen molar-refractivity contribution in [2.75, 3.05) is 12.4 Å². The van der Waals surface area contributed by atoms with E-state index in [9.17, 15) is 19.8 Å². The van der Waals surface area contributed by atoms with Gasteiger partial charge in [-0.1, -0.05) is 58.6 Å². The molecular formula is C27H46O6S. The van der Waals surface area contributed by atoms with Crippen LogP contribution >= 0.6 is 11.8 Å². The van der Waals surface area contributed by atoms with Crippen LogP contribution < -0.4 is 0 Å². The first kappa shape index (κ1) is 30.7. The molecule has 0 amide bonds. The Labute approximate surface area is 210 Å². The fourth-order valence-corrected chi connectivity index (χ4v) is 5.31.